The Hall–Kier alpha value is -2.22. The van der Waals surface area contributed by atoms with Gasteiger partial charge in [0.25, 0.3) is 5.91 Å². The van der Waals surface area contributed by atoms with E-state index in [0.717, 1.165) is 23.2 Å². The Balaban J connectivity index is 1.66. The van der Waals surface area contributed by atoms with E-state index in [4.69, 9.17) is 4.74 Å². The molecular weight excluding hydrogens is 314 g/mol. The lowest BCUT2D eigenvalue weighted by atomic mass is 10.2. The third-order valence-electron chi connectivity index (χ3n) is 3.64. The van der Waals surface area contributed by atoms with Gasteiger partial charge in [-0.05, 0) is 26.0 Å². The van der Waals surface area contributed by atoms with Gasteiger partial charge >= 0.3 is 0 Å². The van der Waals surface area contributed by atoms with Gasteiger partial charge in [-0.25, -0.2) is 4.98 Å². The van der Waals surface area contributed by atoms with Gasteiger partial charge in [-0.2, -0.15) is 0 Å². The number of hydrogen-bond acceptors (Lipinski definition) is 7. The van der Waals surface area contributed by atoms with Crippen LogP contribution >= 0.6 is 11.3 Å². The SMILES string of the molecule is CCOc1ncccc1C(=O)N1CCN(c2nnc(C)s2)CC1. The van der Waals surface area contributed by atoms with Crippen LogP contribution in [0.2, 0.25) is 0 Å². The van der Waals surface area contributed by atoms with Crippen molar-refractivity contribution >= 4 is 22.4 Å². The fourth-order valence-electron chi connectivity index (χ4n) is 2.49. The summed E-state index contributed by atoms with van der Waals surface area (Å²) in [5.41, 5.74) is 0.523. The third-order valence-corrected chi connectivity index (χ3v) is 4.53. The standard InChI is InChI=1S/C15H19N5O2S/c1-3-22-13-12(5-4-6-16-13)14(21)19-7-9-20(10-8-19)15-18-17-11(2)23-15/h4-6H,3,7-10H2,1-2H3. The number of pyridine rings is 1. The van der Waals surface area contributed by atoms with Gasteiger partial charge in [-0.1, -0.05) is 11.3 Å². The highest BCUT2D eigenvalue weighted by Gasteiger charge is 2.26. The molecule has 1 saturated heterocycles. The highest BCUT2D eigenvalue weighted by atomic mass is 32.1. The van der Waals surface area contributed by atoms with Crippen molar-refractivity contribution in [2.24, 2.45) is 0 Å². The van der Waals surface area contributed by atoms with Crippen LogP contribution in [0.15, 0.2) is 18.3 Å². The average Bonchev–Trinajstić information content (AvgIpc) is 3.02. The minimum atomic E-state index is -0.0327. The minimum absolute atomic E-state index is 0.0327. The van der Waals surface area contributed by atoms with Gasteiger partial charge in [0, 0.05) is 32.4 Å². The molecule has 0 radical (unpaired) electrons. The first kappa shape index (κ1) is 15.7. The summed E-state index contributed by atoms with van der Waals surface area (Å²) in [6.07, 6.45) is 1.64. The Kier molecular flexibility index (Phi) is 4.71. The van der Waals surface area contributed by atoms with Crippen molar-refractivity contribution in [3.63, 3.8) is 0 Å². The average molecular weight is 333 g/mol. The van der Waals surface area contributed by atoms with Crippen LogP contribution in [0.25, 0.3) is 0 Å². The molecule has 0 N–H and O–H groups in total. The molecule has 0 aliphatic carbocycles. The second-order valence-electron chi connectivity index (χ2n) is 5.17. The zero-order chi connectivity index (χ0) is 16.2. The molecule has 122 valence electrons. The van der Waals surface area contributed by atoms with Crippen molar-refractivity contribution < 1.29 is 9.53 Å². The number of nitrogens with zero attached hydrogens (tertiary/aromatic N) is 5. The molecule has 3 rings (SSSR count). The first-order chi connectivity index (χ1) is 11.2. The summed E-state index contributed by atoms with van der Waals surface area (Å²) in [5, 5.41) is 10.1. The highest BCUT2D eigenvalue weighted by Crippen LogP contribution is 2.22. The van der Waals surface area contributed by atoms with Gasteiger partial charge in [0.15, 0.2) is 0 Å². The number of ether oxygens (including phenoxy) is 1. The van der Waals surface area contributed by atoms with E-state index in [1.165, 1.54) is 0 Å². The van der Waals surface area contributed by atoms with Gasteiger partial charge in [0.05, 0.1) is 6.61 Å². The van der Waals surface area contributed by atoms with Crippen LogP contribution in [-0.4, -0.2) is 58.8 Å². The van der Waals surface area contributed by atoms with Gasteiger partial charge in [0.2, 0.25) is 11.0 Å². The van der Waals surface area contributed by atoms with E-state index in [9.17, 15) is 4.79 Å². The second kappa shape index (κ2) is 6.91. The molecule has 7 nitrogen and oxygen atoms in total. The fraction of sp³-hybridized carbons (Fsp3) is 0.467. The Morgan fingerprint density at radius 2 is 2.09 bits per heavy atom. The van der Waals surface area contributed by atoms with Crippen LogP contribution in [-0.2, 0) is 0 Å². The second-order valence-corrected chi connectivity index (χ2v) is 6.33. The first-order valence-electron chi connectivity index (χ1n) is 7.61. The summed E-state index contributed by atoms with van der Waals surface area (Å²) < 4.78 is 5.46. The van der Waals surface area contributed by atoms with E-state index in [2.05, 4.69) is 20.1 Å². The molecule has 0 bridgehead atoms. The van der Waals surface area contributed by atoms with Gasteiger partial charge in [0.1, 0.15) is 10.6 Å². The Morgan fingerprint density at radius 3 is 2.74 bits per heavy atom. The topological polar surface area (TPSA) is 71.5 Å². The highest BCUT2D eigenvalue weighted by molar-refractivity contribution is 7.15. The molecule has 0 spiro atoms. The molecule has 2 aromatic heterocycles. The van der Waals surface area contributed by atoms with Crippen molar-refractivity contribution in [3.05, 3.63) is 28.9 Å². The molecule has 1 aliphatic rings. The fourth-order valence-corrected chi connectivity index (χ4v) is 3.23. The number of amides is 1. The smallest absolute Gasteiger partial charge is 0.259 e. The maximum absolute atomic E-state index is 12.7. The molecule has 8 heteroatoms. The summed E-state index contributed by atoms with van der Waals surface area (Å²) in [7, 11) is 0. The molecule has 1 fully saturated rings. The van der Waals surface area contributed by atoms with Crippen LogP contribution in [0, 0.1) is 6.92 Å². The number of hydrogen-bond donors (Lipinski definition) is 0. The molecule has 1 amide bonds. The molecule has 2 aromatic rings. The zero-order valence-electron chi connectivity index (χ0n) is 13.2. The maximum atomic E-state index is 12.7. The lowest BCUT2D eigenvalue weighted by Gasteiger charge is -2.34. The Labute approximate surface area is 138 Å². The summed E-state index contributed by atoms with van der Waals surface area (Å²) in [6.45, 7) is 7.12. The monoisotopic (exact) mass is 333 g/mol. The van der Waals surface area contributed by atoms with Crippen molar-refractivity contribution in [1.29, 1.82) is 0 Å². The summed E-state index contributed by atoms with van der Waals surface area (Å²) in [6, 6.07) is 3.52. The number of aromatic nitrogens is 3. The summed E-state index contributed by atoms with van der Waals surface area (Å²) in [4.78, 5) is 20.9. The number of carbonyl (C=O) groups is 1. The van der Waals surface area contributed by atoms with Crippen molar-refractivity contribution in [1.82, 2.24) is 20.1 Å². The first-order valence-corrected chi connectivity index (χ1v) is 8.43. The van der Waals surface area contributed by atoms with E-state index in [1.807, 2.05) is 18.7 Å². The molecule has 1 aliphatic heterocycles. The molecule has 0 aromatic carbocycles. The van der Waals surface area contributed by atoms with Crippen LogP contribution in [0.3, 0.4) is 0 Å². The maximum Gasteiger partial charge on any atom is 0.259 e. The van der Waals surface area contributed by atoms with E-state index < -0.39 is 0 Å². The van der Waals surface area contributed by atoms with E-state index in [-0.39, 0.29) is 5.91 Å². The quantitative estimate of drug-likeness (QED) is 0.846. The number of carbonyl (C=O) groups excluding carboxylic acids is 1. The van der Waals surface area contributed by atoms with Crippen molar-refractivity contribution in [2.75, 3.05) is 37.7 Å². The van der Waals surface area contributed by atoms with E-state index in [1.54, 1.807) is 29.7 Å². The molecule has 0 saturated carbocycles. The van der Waals surface area contributed by atoms with Crippen LogP contribution in [0.4, 0.5) is 5.13 Å². The van der Waals surface area contributed by atoms with Gasteiger partial charge in [-0.3, -0.25) is 4.79 Å². The van der Waals surface area contributed by atoms with Gasteiger partial charge in [-0.15, -0.1) is 10.2 Å². The van der Waals surface area contributed by atoms with E-state index in [0.29, 0.717) is 31.1 Å². The normalized spacial score (nSPS) is 14.9. The molecule has 0 atom stereocenters. The molecule has 0 unspecified atom stereocenters. The zero-order valence-corrected chi connectivity index (χ0v) is 14.0. The summed E-state index contributed by atoms with van der Waals surface area (Å²) in [5.74, 6) is 0.372. The minimum Gasteiger partial charge on any atom is -0.477 e. The molecule has 3 heterocycles. The largest absolute Gasteiger partial charge is 0.477 e. The van der Waals surface area contributed by atoms with Crippen molar-refractivity contribution in [3.8, 4) is 5.88 Å². The van der Waals surface area contributed by atoms with E-state index >= 15 is 0 Å². The molecular formula is C15H19N5O2S. The van der Waals surface area contributed by atoms with Crippen LogP contribution in [0.5, 0.6) is 5.88 Å². The van der Waals surface area contributed by atoms with Crippen molar-refractivity contribution in [2.45, 2.75) is 13.8 Å². The Morgan fingerprint density at radius 1 is 1.30 bits per heavy atom. The lowest BCUT2D eigenvalue weighted by Crippen LogP contribution is -2.48. The summed E-state index contributed by atoms with van der Waals surface area (Å²) >= 11 is 1.58. The van der Waals surface area contributed by atoms with Gasteiger partial charge < -0.3 is 14.5 Å². The number of aryl methyl sites for hydroxylation is 1. The predicted molar refractivity (Wildman–Crippen MR) is 88.2 cm³/mol. The Bertz CT molecular complexity index is 682. The van der Waals surface area contributed by atoms with Crippen LogP contribution in [0.1, 0.15) is 22.3 Å². The third kappa shape index (κ3) is 3.42. The predicted octanol–water partition coefficient (Wildman–Crippen LogP) is 1.60. The van der Waals surface area contributed by atoms with Crippen LogP contribution < -0.4 is 9.64 Å². The number of piperazine rings is 1. The number of anilines is 1. The number of rotatable bonds is 4. The lowest BCUT2D eigenvalue weighted by molar-refractivity contribution is 0.0741. The molecule has 23 heavy (non-hydrogen) atoms.